The first-order chi connectivity index (χ1) is 7.49. The van der Waals surface area contributed by atoms with Crippen molar-refractivity contribution in [1.82, 2.24) is 0 Å². The third kappa shape index (κ3) is 3.98. The van der Waals surface area contributed by atoms with E-state index in [1.54, 1.807) is 0 Å². The van der Waals surface area contributed by atoms with Crippen LogP contribution in [0.1, 0.15) is 6.42 Å². The smallest absolute Gasteiger partial charge is 0.225 e. The number of amides is 1. The highest BCUT2D eigenvalue weighted by molar-refractivity contribution is 7.84. The average molecular weight is 244 g/mol. The lowest BCUT2D eigenvalue weighted by atomic mass is 10.2. The fourth-order valence-corrected chi connectivity index (χ4v) is 1.56. The molecule has 0 aliphatic carbocycles. The van der Waals surface area contributed by atoms with Crippen molar-refractivity contribution in [3.63, 3.8) is 0 Å². The lowest BCUT2D eigenvalue weighted by Gasteiger charge is -2.06. The van der Waals surface area contributed by atoms with Crippen LogP contribution in [0.25, 0.3) is 0 Å². The number of benzene rings is 1. The van der Waals surface area contributed by atoms with Crippen LogP contribution < -0.4 is 11.1 Å². The average Bonchev–Trinajstić information content (AvgIpc) is 2.20. The van der Waals surface area contributed by atoms with Crippen molar-refractivity contribution in [2.45, 2.75) is 6.42 Å². The maximum Gasteiger partial charge on any atom is 0.225 e. The molecule has 3 N–H and O–H groups in total. The molecule has 1 aromatic rings. The molecule has 0 saturated heterocycles. The zero-order chi connectivity index (χ0) is 12.1. The van der Waals surface area contributed by atoms with Crippen molar-refractivity contribution in [2.75, 3.05) is 23.1 Å². The number of nitrogens with one attached hydrogen (secondary N) is 1. The molecule has 6 heteroatoms. The number of nitrogens with two attached hydrogens (primary N) is 1. The Morgan fingerprint density at radius 3 is 2.88 bits per heavy atom. The normalized spacial score (nSPS) is 12.1. The van der Waals surface area contributed by atoms with E-state index in [1.165, 1.54) is 24.5 Å². The van der Waals surface area contributed by atoms with Crippen LogP contribution in [0.15, 0.2) is 18.2 Å². The zero-order valence-electron chi connectivity index (χ0n) is 8.83. The van der Waals surface area contributed by atoms with Crippen LogP contribution in [0.5, 0.6) is 0 Å². The van der Waals surface area contributed by atoms with E-state index in [9.17, 15) is 13.4 Å². The summed E-state index contributed by atoms with van der Waals surface area (Å²) in [6.45, 7) is 0. The SMILES string of the molecule is CS(=O)CCC(=O)Nc1cc(N)ccc1F. The molecular weight excluding hydrogens is 231 g/mol. The molecule has 1 rings (SSSR count). The minimum atomic E-state index is -1.03. The lowest BCUT2D eigenvalue weighted by molar-refractivity contribution is -0.115. The van der Waals surface area contributed by atoms with Crippen molar-refractivity contribution in [2.24, 2.45) is 0 Å². The monoisotopic (exact) mass is 244 g/mol. The predicted molar refractivity (Wildman–Crippen MR) is 63.0 cm³/mol. The largest absolute Gasteiger partial charge is 0.399 e. The van der Waals surface area contributed by atoms with E-state index >= 15 is 0 Å². The minimum absolute atomic E-state index is 0.0480. The third-order valence-corrected chi connectivity index (χ3v) is 2.66. The van der Waals surface area contributed by atoms with Gasteiger partial charge in [-0.2, -0.15) is 0 Å². The Hall–Kier alpha value is -1.43. The lowest BCUT2D eigenvalue weighted by Crippen LogP contribution is -2.15. The molecule has 4 nitrogen and oxygen atoms in total. The fourth-order valence-electron chi connectivity index (χ4n) is 1.09. The fraction of sp³-hybridized carbons (Fsp3) is 0.300. The number of rotatable bonds is 4. The van der Waals surface area contributed by atoms with Gasteiger partial charge in [0.2, 0.25) is 5.91 Å². The van der Waals surface area contributed by atoms with Gasteiger partial charge in [0.1, 0.15) is 5.82 Å². The number of anilines is 2. The maximum absolute atomic E-state index is 13.2. The summed E-state index contributed by atoms with van der Waals surface area (Å²) in [5, 5.41) is 2.38. The topological polar surface area (TPSA) is 72.2 Å². The number of carbonyl (C=O) groups excluding carboxylic acids is 1. The first-order valence-corrected chi connectivity index (χ1v) is 6.36. The summed E-state index contributed by atoms with van der Waals surface area (Å²) in [6, 6.07) is 3.94. The highest BCUT2D eigenvalue weighted by Crippen LogP contribution is 2.17. The quantitative estimate of drug-likeness (QED) is 0.779. The molecule has 0 spiro atoms. The second kappa shape index (κ2) is 5.60. The van der Waals surface area contributed by atoms with Crippen LogP contribution in [0.4, 0.5) is 15.8 Å². The first kappa shape index (κ1) is 12.6. The molecule has 0 saturated carbocycles. The number of halogens is 1. The molecule has 0 aromatic heterocycles. The van der Waals surface area contributed by atoms with Crippen LogP contribution in [0.3, 0.4) is 0 Å². The minimum Gasteiger partial charge on any atom is -0.399 e. The van der Waals surface area contributed by atoms with Gasteiger partial charge in [0.05, 0.1) is 5.69 Å². The predicted octanol–water partition coefficient (Wildman–Crippen LogP) is 1.11. The van der Waals surface area contributed by atoms with Gasteiger partial charge in [-0.3, -0.25) is 9.00 Å². The Morgan fingerprint density at radius 2 is 2.25 bits per heavy atom. The number of hydrogen-bond acceptors (Lipinski definition) is 3. The van der Waals surface area contributed by atoms with E-state index in [2.05, 4.69) is 5.32 Å². The molecule has 0 aliphatic rings. The van der Waals surface area contributed by atoms with Crippen molar-refractivity contribution in [3.8, 4) is 0 Å². The van der Waals surface area contributed by atoms with E-state index in [-0.39, 0.29) is 23.8 Å². The molecule has 0 heterocycles. The second-order valence-corrected chi connectivity index (χ2v) is 4.87. The van der Waals surface area contributed by atoms with Gasteiger partial charge >= 0.3 is 0 Å². The Bertz CT molecular complexity index is 423. The van der Waals surface area contributed by atoms with Crippen molar-refractivity contribution in [1.29, 1.82) is 0 Å². The summed E-state index contributed by atoms with van der Waals surface area (Å²) in [5.74, 6) is -0.657. The number of carbonyl (C=O) groups is 1. The third-order valence-electron chi connectivity index (χ3n) is 1.88. The van der Waals surface area contributed by atoms with E-state index in [4.69, 9.17) is 5.73 Å². The molecule has 88 valence electrons. The highest BCUT2D eigenvalue weighted by Gasteiger charge is 2.07. The van der Waals surface area contributed by atoms with E-state index in [0.717, 1.165) is 0 Å². The first-order valence-electron chi connectivity index (χ1n) is 4.64. The molecule has 0 radical (unpaired) electrons. The summed E-state index contributed by atoms with van der Waals surface area (Å²) >= 11 is 0. The Morgan fingerprint density at radius 1 is 1.56 bits per heavy atom. The van der Waals surface area contributed by atoms with E-state index < -0.39 is 16.6 Å². The van der Waals surface area contributed by atoms with Crippen LogP contribution in [-0.4, -0.2) is 22.1 Å². The summed E-state index contributed by atoms with van der Waals surface area (Å²) in [4.78, 5) is 11.3. The Labute approximate surface area is 95.5 Å². The van der Waals surface area contributed by atoms with Crippen LogP contribution in [-0.2, 0) is 15.6 Å². The van der Waals surface area contributed by atoms with Gasteiger partial charge in [-0.15, -0.1) is 0 Å². The Kier molecular flexibility index (Phi) is 4.42. The molecular formula is C10H13FN2O2S. The summed E-state index contributed by atoms with van der Waals surface area (Å²) in [6.07, 6.45) is 1.60. The van der Waals surface area contributed by atoms with E-state index in [0.29, 0.717) is 5.69 Å². The standard InChI is InChI=1S/C10H13FN2O2S/c1-16(15)5-4-10(14)13-9-6-7(12)2-3-8(9)11/h2-3,6H,4-5,12H2,1H3,(H,13,14). The van der Waals surface area contributed by atoms with Crippen LogP contribution >= 0.6 is 0 Å². The molecule has 0 bridgehead atoms. The molecule has 1 atom stereocenters. The molecule has 1 aromatic carbocycles. The molecule has 1 amide bonds. The van der Waals surface area contributed by atoms with Crippen molar-refractivity contribution < 1.29 is 13.4 Å². The molecule has 0 fully saturated rings. The molecule has 1 unspecified atom stereocenters. The summed E-state index contributed by atoms with van der Waals surface area (Å²) in [5.41, 5.74) is 5.88. The van der Waals surface area contributed by atoms with Gasteiger partial charge < -0.3 is 11.1 Å². The van der Waals surface area contributed by atoms with Gasteiger partial charge in [-0.1, -0.05) is 0 Å². The van der Waals surface area contributed by atoms with Crippen molar-refractivity contribution >= 4 is 28.1 Å². The van der Waals surface area contributed by atoms with Crippen molar-refractivity contribution in [3.05, 3.63) is 24.0 Å². The number of nitrogen functional groups attached to an aromatic ring is 1. The van der Waals surface area contributed by atoms with Gasteiger partial charge in [-0.05, 0) is 18.2 Å². The van der Waals surface area contributed by atoms with Gasteiger partial charge in [0, 0.05) is 34.9 Å². The maximum atomic E-state index is 13.2. The summed E-state index contributed by atoms with van der Waals surface area (Å²) in [7, 11) is -1.03. The summed E-state index contributed by atoms with van der Waals surface area (Å²) < 4.78 is 24.0. The molecule has 16 heavy (non-hydrogen) atoms. The van der Waals surface area contributed by atoms with Crippen LogP contribution in [0, 0.1) is 5.82 Å². The van der Waals surface area contributed by atoms with Gasteiger partial charge in [0.25, 0.3) is 0 Å². The number of hydrogen-bond donors (Lipinski definition) is 2. The van der Waals surface area contributed by atoms with Gasteiger partial charge in [-0.25, -0.2) is 4.39 Å². The van der Waals surface area contributed by atoms with Gasteiger partial charge in [0.15, 0.2) is 0 Å². The molecule has 0 aliphatic heterocycles. The second-order valence-electron chi connectivity index (χ2n) is 3.31. The Balaban J connectivity index is 2.62. The highest BCUT2D eigenvalue weighted by atomic mass is 32.2. The van der Waals surface area contributed by atoms with E-state index in [1.807, 2.05) is 0 Å². The van der Waals surface area contributed by atoms with Crippen LogP contribution in [0.2, 0.25) is 0 Å². The zero-order valence-corrected chi connectivity index (χ0v) is 9.64.